The third kappa shape index (κ3) is 3.17. The fourth-order valence-electron chi connectivity index (χ4n) is 1.56. The first kappa shape index (κ1) is 15.0. The molecule has 0 bridgehead atoms. The van der Waals surface area contributed by atoms with Gasteiger partial charge in [-0.25, -0.2) is 8.42 Å². The van der Waals surface area contributed by atoms with Gasteiger partial charge in [0.15, 0.2) is 0 Å². The minimum absolute atomic E-state index is 0.0464. The first-order chi connectivity index (χ1) is 9.29. The second-order valence-corrected chi connectivity index (χ2v) is 6.84. The largest absolute Gasteiger partial charge is 0.508 e. The lowest BCUT2D eigenvalue weighted by Crippen LogP contribution is -2.14. The van der Waals surface area contributed by atoms with Gasteiger partial charge in [-0.05, 0) is 40.2 Å². The molecule has 2 rings (SSSR count). The molecule has 0 aromatic heterocycles. The number of aromatic hydroxyl groups is 1. The van der Waals surface area contributed by atoms with Crippen LogP contribution in [0.3, 0.4) is 0 Å². The molecule has 0 saturated heterocycles. The first-order valence-corrected chi connectivity index (χ1v) is 8.01. The van der Waals surface area contributed by atoms with Crippen LogP contribution in [0.4, 0.5) is 11.4 Å². The summed E-state index contributed by atoms with van der Waals surface area (Å²) in [5, 5.41) is 9.55. The monoisotopic (exact) mass is 376 g/mol. The smallest absolute Gasteiger partial charge is 0.263 e. The highest BCUT2D eigenvalue weighted by Gasteiger charge is 2.20. The van der Waals surface area contributed by atoms with Gasteiger partial charge in [-0.3, -0.25) is 4.72 Å². The van der Waals surface area contributed by atoms with Crippen molar-refractivity contribution in [3.63, 3.8) is 0 Å². The molecule has 0 radical (unpaired) electrons. The molecule has 20 heavy (non-hydrogen) atoms. The highest BCUT2D eigenvalue weighted by molar-refractivity contribution is 9.10. The summed E-state index contributed by atoms with van der Waals surface area (Å²) < 4.78 is 27.2. The van der Waals surface area contributed by atoms with E-state index in [0.29, 0.717) is 0 Å². The zero-order valence-electron chi connectivity index (χ0n) is 9.97. The molecule has 0 aliphatic rings. The van der Waals surface area contributed by atoms with Crippen LogP contribution in [0.25, 0.3) is 0 Å². The summed E-state index contributed by atoms with van der Waals surface area (Å²) in [6.07, 6.45) is 0. The van der Waals surface area contributed by atoms with Gasteiger partial charge in [0.05, 0.1) is 10.2 Å². The maximum atomic E-state index is 12.3. The van der Waals surface area contributed by atoms with Crippen LogP contribution in [0.5, 0.6) is 5.75 Å². The average Bonchev–Trinajstić information content (AvgIpc) is 2.33. The Morgan fingerprint density at radius 1 is 1.25 bits per heavy atom. The molecule has 0 aliphatic carbocycles. The van der Waals surface area contributed by atoms with Crippen LogP contribution in [-0.4, -0.2) is 13.5 Å². The normalized spacial score (nSPS) is 11.3. The van der Waals surface area contributed by atoms with Crippen LogP contribution in [0.1, 0.15) is 0 Å². The van der Waals surface area contributed by atoms with Crippen molar-refractivity contribution in [2.75, 3.05) is 10.5 Å². The summed E-state index contributed by atoms with van der Waals surface area (Å²) in [5.74, 6) is -0.0464. The highest BCUT2D eigenvalue weighted by atomic mass is 79.9. The molecule has 8 heteroatoms. The zero-order chi connectivity index (χ0) is 14.9. The molecule has 0 unspecified atom stereocenters. The standard InChI is InChI=1S/C12H10BrClN2O3S/c13-12-10(15)4-7(14)5-11(12)20(18,19)16-8-2-1-3-9(17)6-8/h1-6,16-17H,15H2. The van der Waals surface area contributed by atoms with Crippen molar-refractivity contribution in [2.45, 2.75) is 4.90 Å². The summed E-state index contributed by atoms with van der Waals surface area (Å²) in [4.78, 5) is -0.0779. The Morgan fingerprint density at radius 2 is 1.95 bits per heavy atom. The van der Waals surface area contributed by atoms with E-state index in [-0.39, 0.29) is 31.5 Å². The molecule has 2 aromatic rings. The van der Waals surface area contributed by atoms with Gasteiger partial charge < -0.3 is 10.8 Å². The van der Waals surface area contributed by atoms with Crippen molar-refractivity contribution in [3.8, 4) is 5.75 Å². The van der Waals surface area contributed by atoms with Crippen molar-refractivity contribution < 1.29 is 13.5 Å². The number of benzene rings is 2. The molecule has 0 atom stereocenters. The highest BCUT2D eigenvalue weighted by Crippen LogP contribution is 2.32. The number of nitrogen functional groups attached to an aromatic ring is 1. The Bertz CT molecular complexity index is 765. The lowest BCUT2D eigenvalue weighted by Gasteiger charge is -2.11. The maximum Gasteiger partial charge on any atom is 0.263 e. The molecule has 0 heterocycles. The van der Waals surface area contributed by atoms with Gasteiger partial charge in [-0.1, -0.05) is 17.7 Å². The second kappa shape index (κ2) is 5.51. The SMILES string of the molecule is Nc1cc(Cl)cc(S(=O)(=O)Nc2cccc(O)c2)c1Br. The quantitative estimate of drug-likeness (QED) is 0.716. The van der Waals surface area contributed by atoms with E-state index >= 15 is 0 Å². The van der Waals surface area contributed by atoms with Crippen molar-refractivity contribution in [1.29, 1.82) is 0 Å². The van der Waals surface area contributed by atoms with Crippen LogP contribution >= 0.6 is 27.5 Å². The molecule has 2 aromatic carbocycles. The molecule has 5 nitrogen and oxygen atoms in total. The van der Waals surface area contributed by atoms with Gasteiger partial charge in [0.1, 0.15) is 10.6 Å². The molecular formula is C12H10BrClN2O3S. The third-order valence-electron chi connectivity index (χ3n) is 2.42. The summed E-state index contributed by atoms with van der Waals surface area (Å²) in [6, 6.07) is 8.49. The van der Waals surface area contributed by atoms with Crippen molar-refractivity contribution >= 4 is 48.9 Å². The minimum atomic E-state index is -3.88. The Labute approximate surface area is 129 Å². The summed E-state index contributed by atoms with van der Waals surface area (Å²) >= 11 is 8.95. The summed E-state index contributed by atoms with van der Waals surface area (Å²) in [6.45, 7) is 0. The number of halogens is 2. The van der Waals surface area contributed by atoms with E-state index in [0.717, 1.165) is 0 Å². The van der Waals surface area contributed by atoms with Gasteiger partial charge in [-0.2, -0.15) is 0 Å². The number of phenolic OH excluding ortho intramolecular Hbond substituents is 1. The number of hydrogen-bond donors (Lipinski definition) is 3. The number of rotatable bonds is 3. The lowest BCUT2D eigenvalue weighted by atomic mass is 10.3. The van der Waals surface area contributed by atoms with E-state index in [9.17, 15) is 13.5 Å². The molecule has 0 amide bonds. The van der Waals surface area contributed by atoms with E-state index in [2.05, 4.69) is 20.7 Å². The second-order valence-electron chi connectivity index (χ2n) is 3.96. The third-order valence-corrected chi connectivity index (χ3v) is 5.19. The van der Waals surface area contributed by atoms with E-state index in [4.69, 9.17) is 17.3 Å². The lowest BCUT2D eigenvalue weighted by molar-refractivity contribution is 0.475. The van der Waals surface area contributed by atoms with Crippen LogP contribution in [0.2, 0.25) is 5.02 Å². The first-order valence-electron chi connectivity index (χ1n) is 5.36. The Morgan fingerprint density at radius 3 is 2.60 bits per heavy atom. The number of nitrogens with two attached hydrogens (primary N) is 1. The van der Waals surface area contributed by atoms with Crippen LogP contribution < -0.4 is 10.5 Å². The van der Waals surface area contributed by atoms with Crippen molar-refractivity contribution in [3.05, 3.63) is 45.9 Å². The molecule has 0 fully saturated rings. The van der Waals surface area contributed by atoms with E-state index in [1.165, 1.54) is 36.4 Å². The van der Waals surface area contributed by atoms with E-state index in [1.807, 2.05) is 0 Å². The van der Waals surface area contributed by atoms with Crippen LogP contribution in [0.15, 0.2) is 45.8 Å². The van der Waals surface area contributed by atoms with Crippen LogP contribution in [-0.2, 0) is 10.0 Å². The van der Waals surface area contributed by atoms with Crippen LogP contribution in [0, 0.1) is 0 Å². The predicted molar refractivity (Wildman–Crippen MR) is 82.5 cm³/mol. The van der Waals surface area contributed by atoms with Gasteiger partial charge >= 0.3 is 0 Å². The average molecular weight is 378 g/mol. The zero-order valence-corrected chi connectivity index (χ0v) is 13.1. The fraction of sp³-hybridized carbons (Fsp3) is 0. The topological polar surface area (TPSA) is 92.4 Å². The molecule has 0 saturated carbocycles. The Kier molecular flexibility index (Phi) is 4.12. The molecule has 4 N–H and O–H groups in total. The molecule has 0 aliphatic heterocycles. The molecular weight excluding hydrogens is 368 g/mol. The number of hydrogen-bond acceptors (Lipinski definition) is 4. The molecule has 106 valence electrons. The molecule has 0 spiro atoms. The number of anilines is 2. The van der Waals surface area contributed by atoms with Gasteiger partial charge in [0, 0.05) is 16.8 Å². The summed E-state index contributed by atoms with van der Waals surface area (Å²) in [7, 11) is -3.88. The fourth-order valence-corrected chi connectivity index (χ4v) is 3.90. The minimum Gasteiger partial charge on any atom is -0.508 e. The Hall–Kier alpha value is -1.44. The van der Waals surface area contributed by atoms with Gasteiger partial charge in [0.25, 0.3) is 10.0 Å². The number of sulfonamides is 1. The maximum absolute atomic E-state index is 12.3. The van der Waals surface area contributed by atoms with Gasteiger partial charge in [-0.15, -0.1) is 0 Å². The number of nitrogens with one attached hydrogen (secondary N) is 1. The summed E-state index contributed by atoms with van der Waals surface area (Å²) in [5.41, 5.74) is 6.12. The van der Waals surface area contributed by atoms with Crippen molar-refractivity contribution in [1.82, 2.24) is 0 Å². The van der Waals surface area contributed by atoms with Crippen molar-refractivity contribution in [2.24, 2.45) is 0 Å². The predicted octanol–water partition coefficient (Wildman–Crippen LogP) is 3.19. The van der Waals surface area contributed by atoms with E-state index < -0.39 is 10.0 Å². The number of phenols is 1. The van der Waals surface area contributed by atoms with Gasteiger partial charge in [0.2, 0.25) is 0 Å². The van der Waals surface area contributed by atoms with E-state index in [1.54, 1.807) is 0 Å². The Balaban J connectivity index is 2.46.